The first-order chi connectivity index (χ1) is 12.2. The number of aliphatic hydroxyl groups is 1. The first-order valence-electron chi connectivity index (χ1n) is 8.75. The molecule has 3 rings (SSSR count). The predicted octanol–water partition coefficient (Wildman–Crippen LogP) is 4.73. The van der Waals surface area contributed by atoms with Gasteiger partial charge in [-0.15, -0.1) is 0 Å². The van der Waals surface area contributed by atoms with Crippen LogP contribution < -0.4 is 0 Å². The number of aliphatic hydroxyl groups excluding tert-OH is 1. The Labute approximate surface area is 150 Å². The molecule has 0 unspecified atom stereocenters. The van der Waals surface area contributed by atoms with E-state index in [9.17, 15) is 5.11 Å². The van der Waals surface area contributed by atoms with Crippen molar-refractivity contribution in [3.8, 4) is 0 Å². The van der Waals surface area contributed by atoms with Gasteiger partial charge in [0.25, 0.3) is 0 Å². The molecule has 0 saturated heterocycles. The smallest absolute Gasteiger partial charge is 0.0917 e. The zero-order chi connectivity index (χ0) is 17.5. The Kier molecular flexibility index (Phi) is 5.99. The van der Waals surface area contributed by atoms with Crippen LogP contribution in [0.5, 0.6) is 0 Å². The summed E-state index contributed by atoms with van der Waals surface area (Å²) < 4.78 is 0. The predicted molar refractivity (Wildman–Crippen MR) is 103 cm³/mol. The van der Waals surface area contributed by atoms with E-state index in [1.165, 1.54) is 16.7 Å². The fraction of sp³-hybridized carbons (Fsp3) is 0.217. The van der Waals surface area contributed by atoms with Crippen molar-refractivity contribution in [1.29, 1.82) is 0 Å². The summed E-state index contributed by atoms with van der Waals surface area (Å²) in [5.41, 5.74) is 4.75. The Hall–Kier alpha value is -2.42. The number of hydrogen-bond donors (Lipinski definition) is 1. The van der Waals surface area contributed by atoms with Gasteiger partial charge in [-0.25, -0.2) is 0 Å². The van der Waals surface area contributed by atoms with Crippen molar-refractivity contribution in [3.05, 3.63) is 107 Å². The first kappa shape index (κ1) is 17.4. The van der Waals surface area contributed by atoms with Gasteiger partial charge in [-0.1, -0.05) is 90.5 Å². The molecule has 0 heterocycles. The fourth-order valence-electron chi connectivity index (χ4n) is 3.00. The summed E-state index contributed by atoms with van der Waals surface area (Å²) in [6.45, 7) is 4.34. The first-order valence-corrected chi connectivity index (χ1v) is 8.75. The van der Waals surface area contributed by atoms with Gasteiger partial charge in [0, 0.05) is 19.6 Å². The van der Waals surface area contributed by atoms with Crippen molar-refractivity contribution >= 4 is 0 Å². The molecule has 1 atom stereocenters. The number of rotatable bonds is 7. The zero-order valence-corrected chi connectivity index (χ0v) is 14.7. The van der Waals surface area contributed by atoms with Crippen LogP contribution in [0.4, 0.5) is 0 Å². The molecule has 0 radical (unpaired) electrons. The van der Waals surface area contributed by atoms with Gasteiger partial charge in [0.1, 0.15) is 0 Å². The van der Waals surface area contributed by atoms with Gasteiger partial charge in [0.15, 0.2) is 0 Å². The van der Waals surface area contributed by atoms with Crippen LogP contribution in [0, 0.1) is 6.92 Å². The maximum Gasteiger partial charge on any atom is 0.0917 e. The number of nitrogens with zero attached hydrogens (tertiary/aromatic N) is 1. The zero-order valence-electron chi connectivity index (χ0n) is 14.7. The molecule has 3 aromatic rings. The second-order valence-corrected chi connectivity index (χ2v) is 6.57. The van der Waals surface area contributed by atoms with Crippen molar-refractivity contribution in [2.24, 2.45) is 0 Å². The van der Waals surface area contributed by atoms with Gasteiger partial charge in [-0.2, -0.15) is 0 Å². The lowest BCUT2D eigenvalue weighted by atomic mass is 10.1. The lowest BCUT2D eigenvalue weighted by molar-refractivity contribution is 0.105. The minimum atomic E-state index is -0.490. The molecule has 0 aromatic heterocycles. The monoisotopic (exact) mass is 331 g/mol. The van der Waals surface area contributed by atoms with E-state index in [2.05, 4.69) is 60.4 Å². The van der Waals surface area contributed by atoms with Gasteiger partial charge in [-0.05, 0) is 23.6 Å². The van der Waals surface area contributed by atoms with Crippen LogP contribution in [-0.2, 0) is 13.1 Å². The van der Waals surface area contributed by atoms with Crippen LogP contribution in [0.2, 0.25) is 0 Å². The lowest BCUT2D eigenvalue weighted by Gasteiger charge is -2.25. The molecule has 2 heteroatoms. The van der Waals surface area contributed by atoms with Crippen molar-refractivity contribution in [2.45, 2.75) is 26.1 Å². The Morgan fingerprint density at radius 2 is 1.24 bits per heavy atom. The summed E-state index contributed by atoms with van der Waals surface area (Å²) in [4.78, 5) is 2.30. The van der Waals surface area contributed by atoms with E-state index in [-0.39, 0.29) is 0 Å². The molecule has 0 aliphatic carbocycles. The molecular formula is C23H25NO. The molecule has 25 heavy (non-hydrogen) atoms. The Balaban J connectivity index is 1.74. The minimum Gasteiger partial charge on any atom is -0.387 e. The number of hydrogen-bond acceptors (Lipinski definition) is 2. The van der Waals surface area contributed by atoms with Crippen LogP contribution >= 0.6 is 0 Å². The van der Waals surface area contributed by atoms with Crippen molar-refractivity contribution < 1.29 is 5.11 Å². The highest BCUT2D eigenvalue weighted by molar-refractivity contribution is 5.22. The molecule has 0 aliphatic heterocycles. The van der Waals surface area contributed by atoms with Gasteiger partial charge < -0.3 is 5.11 Å². The summed E-state index contributed by atoms with van der Waals surface area (Å²) in [5, 5.41) is 10.6. The van der Waals surface area contributed by atoms with Gasteiger partial charge in [0.2, 0.25) is 0 Å². The molecule has 0 aliphatic rings. The van der Waals surface area contributed by atoms with Crippen molar-refractivity contribution in [1.82, 2.24) is 4.90 Å². The summed E-state index contributed by atoms with van der Waals surface area (Å²) in [6.07, 6.45) is -0.490. The molecule has 1 N–H and O–H groups in total. The SMILES string of the molecule is Cc1ccc(CN(Cc2ccccc2)C[C@@H](O)c2ccccc2)cc1. The van der Waals surface area contributed by atoms with Crippen LogP contribution in [0.25, 0.3) is 0 Å². The maximum atomic E-state index is 10.6. The molecule has 2 nitrogen and oxygen atoms in total. The van der Waals surface area contributed by atoms with Gasteiger partial charge in [-0.3, -0.25) is 4.90 Å². The lowest BCUT2D eigenvalue weighted by Crippen LogP contribution is -2.28. The normalized spacial score (nSPS) is 12.3. The second kappa shape index (κ2) is 8.61. The average molecular weight is 331 g/mol. The van der Waals surface area contributed by atoms with E-state index in [1.807, 2.05) is 36.4 Å². The standard InChI is InChI=1S/C23H25NO/c1-19-12-14-21(15-13-19)17-24(16-20-8-4-2-5-9-20)18-23(25)22-10-6-3-7-11-22/h2-15,23,25H,16-18H2,1H3/t23-/m1/s1. The summed E-state index contributed by atoms with van der Waals surface area (Å²) in [7, 11) is 0. The summed E-state index contributed by atoms with van der Waals surface area (Å²) >= 11 is 0. The van der Waals surface area contributed by atoms with Crippen LogP contribution in [0.3, 0.4) is 0 Å². The van der Waals surface area contributed by atoms with Gasteiger partial charge >= 0.3 is 0 Å². The molecule has 0 amide bonds. The van der Waals surface area contributed by atoms with E-state index >= 15 is 0 Å². The number of aryl methyl sites for hydroxylation is 1. The van der Waals surface area contributed by atoms with E-state index in [1.54, 1.807) is 0 Å². The van der Waals surface area contributed by atoms with E-state index in [0.717, 1.165) is 18.7 Å². The molecule has 0 saturated carbocycles. The molecule has 0 spiro atoms. The third-order valence-electron chi connectivity index (χ3n) is 4.39. The molecule has 0 fully saturated rings. The molecule has 0 bridgehead atoms. The van der Waals surface area contributed by atoms with Crippen molar-refractivity contribution in [3.63, 3.8) is 0 Å². The van der Waals surface area contributed by atoms with Crippen LogP contribution in [-0.4, -0.2) is 16.6 Å². The van der Waals surface area contributed by atoms with E-state index < -0.39 is 6.10 Å². The minimum absolute atomic E-state index is 0.490. The third-order valence-corrected chi connectivity index (χ3v) is 4.39. The largest absolute Gasteiger partial charge is 0.387 e. The summed E-state index contributed by atoms with van der Waals surface area (Å²) in [5.74, 6) is 0. The highest BCUT2D eigenvalue weighted by Gasteiger charge is 2.14. The highest BCUT2D eigenvalue weighted by atomic mass is 16.3. The average Bonchev–Trinajstić information content (AvgIpc) is 2.65. The molecule has 128 valence electrons. The number of benzene rings is 3. The van der Waals surface area contributed by atoms with Crippen LogP contribution in [0.1, 0.15) is 28.4 Å². The Bertz CT molecular complexity index is 753. The van der Waals surface area contributed by atoms with E-state index in [0.29, 0.717) is 6.54 Å². The second-order valence-electron chi connectivity index (χ2n) is 6.57. The van der Waals surface area contributed by atoms with Crippen LogP contribution in [0.15, 0.2) is 84.9 Å². The Morgan fingerprint density at radius 1 is 0.720 bits per heavy atom. The molecular weight excluding hydrogens is 306 g/mol. The quantitative estimate of drug-likeness (QED) is 0.676. The van der Waals surface area contributed by atoms with E-state index in [4.69, 9.17) is 0 Å². The van der Waals surface area contributed by atoms with Crippen molar-refractivity contribution in [2.75, 3.05) is 6.54 Å². The van der Waals surface area contributed by atoms with Gasteiger partial charge in [0.05, 0.1) is 6.10 Å². The maximum absolute atomic E-state index is 10.6. The Morgan fingerprint density at radius 3 is 1.84 bits per heavy atom. The summed E-state index contributed by atoms with van der Waals surface area (Å²) in [6, 6.07) is 28.9. The third kappa shape index (κ3) is 5.28. The topological polar surface area (TPSA) is 23.5 Å². The highest BCUT2D eigenvalue weighted by Crippen LogP contribution is 2.18. The molecule has 3 aromatic carbocycles. The fourth-order valence-corrected chi connectivity index (χ4v) is 3.00.